The van der Waals surface area contributed by atoms with E-state index in [0.717, 1.165) is 19.3 Å². The quantitative estimate of drug-likeness (QED) is 0.519. The van der Waals surface area contributed by atoms with E-state index < -0.39 is 7.60 Å². The molecule has 1 aliphatic rings. The third-order valence-electron chi connectivity index (χ3n) is 1.97. The van der Waals surface area contributed by atoms with Gasteiger partial charge in [-0.3, -0.25) is 9.09 Å². The molecule has 0 heterocycles. The largest absolute Gasteiger partial charge is 0.353 e. The molecule has 0 radical (unpaired) electrons. The van der Waals surface area contributed by atoms with Gasteiger partial charge in [0, 0.05) is 12.9 Å². The maximum atomic E-state index is 11.6. The van der Waals surface area contributed by atoms with Gasteiger partial charge in [0.1, 0.15) is 0 Å². The fourth-order valence-electron chi connectivity index (χ4n) is 1.22. The summed E-state index contributed by atoms with van der Waals surface area (Å²) in [6.45, 7) is 3.43. The average molecular weight is 202 g/mol. The summed E-state index contributed by atoms with van der Waals surface area (Å²) in [5.41, 5.74) is 0. The van der Waals surface area contributed by atoms with Crippen LogP contribution in [0.5, 0.6) is 0 Å². The van der Waals surface area contributed by atoms with Crippen molar-refractivity contribution in [3.8, 4) is 0 Å². The van der Waals surface area contributed by atoms with Gasteiger partial charge in [0.05, 0.1) is 6.10 Å². The first-order valence-electron chi connectivity index (χ1n) is 4.34. The first-order chi connectivity index (χ1) is 6.20. The molecule has 0 saturated carbocycles. The highest BCUT2D eigenvalue weighted by Crippen LogP contribution is 2.50. The van der Waals surface area contributed by atoms with Crippen LogP contribution in [0, 0.1) is 0 Å². The van der Waals surface area contributed by atoms with Gasteiger partial charge in [0.15, 0.2) is 0 Å². The molecule has 1 aliphatic carbocycles. The Kier molecular flexibility index (Phi) is 3.91. The van der Waals surface area contributed by atoms with Crippen LogP contribution < -0.4 is 0 Å². The zero-order valence-electron chi connectivity index (χ0n) is 7.81. The van der Waals surface area contributed by atoms with Gasteiger partial charge in [0.25, 0.3) is 0 Å². The summed E-state index contributed by atoms with van der Waals surface area (Å²) in [5, 5.41) is 0. The van der Waals surface area contributed by atoms with Crippen molar-refractivity contribution in [2.75, 3.05) is 7.11 Å². The highest BCUT2D eigenvalue weighted by atomic mass is 31.2. The van der Waals surface area contributed by atoms with Crippen LogP contribution in [-0.2, 0) is 13.6 Å². The molecule has 0 aromatic rings. The fraction of sp³-hybridized carbons (Fsp3) is 0.556. The molecule has 0 bridgehead atoms. The van der Waals surface area contributed by atoms with E-state index >= 15 is 0 Å². The van der Waals surface area contributed by atoms with Gasteiger partial charge in [-0.2, -0.15) is 0 Å². The first kappa shape index (κ1) is 10.7. The number of hydrogen-bond acceptors (Lipinski definition) is 3. The zero-order chi connectivity index (χ0) is 9.73. The Morgan fingerprint density at radius 2 is 2.46 bits per heavy atom. The van der Waals surface area contributed by atoms with Crippen LogP contribution in [-0.4, -0.2) is 13.2 Å². The van der Waals surface area contributed by atoms with Gasteiger partial charge < -0.3 is 4.52 Å². The molecule has 13 heavy (non-hydrogen) atoms. The van der Waals surface area contributed by atoms with Crippen LogP contribution in [0.25, 0.3) is 0 Å². The van der Waals surface area contributed by atoms with E-state index in [-0.39, 0.29) is 6.10 Å². The van der Waals surface area contributed by atoms with Crippen molar-refractivity contribution in [3.63, 3.8) is 0 Å². The summed E-state index contributed by atoms with van der Waals surface area (Å²) >= 11 is 0. The lowest BCUT2D eigenvalue weighted by Crippen LogP contribution is -2.10. The Morgan fingerprint density at radius 1 is 1.69 bits per heavy atom. The lowest BCUT2D eigenvalue weighted by molar-refractivity contribution is 0.187. The van der Waals surface area contributed by atoms with Crippen molar-refractivity contribution in [2.45, 2.75) is 25.4 Å². The van der Waals surface area contributed by atoms with E-state index in [1.165, 1.54) is 12.9 Å². The summed E-state index contributed by atoms with van der Waals surface area (Å²) in [4.78, 5) is 0. The molecule has 74 valence electrons. The minimum absolute atomic E-state index is 0.0856. The van der Waals surface area contributed by atoms with E-state index in [9.17, 15) is 4.57 Å². The molecule has 0 aromatic heterocycles. The van der Waals surface area contributed by atoms with Gasteiger partial charge in [0.2, 0.25) is 0 Å². The van der Waals surface area contributed by atoms with Crippen molar-refractivity contribution < 1.29 is 13.6 Å². The maximum absolute atomic E-state index is 11.6. The summed E-state index contributed by atoms with van der Waals surface area (Å²) in [7, 11) is -1.67. The van der Waals surface area contributed by atoms with Crippen LogP contribution in [0.3, 0.4) is 0 Å². The second-order valence-electron chi connectivity index (χ2n) is 2.91. The summed E-state index contributed by atoms with van der Waals surface area (Å²) in [5.74, 6) is 1.25. The van der Waals surface area contributed by atoms with Gasteiger partial charge in [-0.15, -0.1) is 0 Å². The zero-order valence-corrected chi connectivity index (χ0v) is 8.70. The van der Waals surface area contributed by atoms with Gasteiger partial charge in [-0.05, 0) is 19.3 Å². The number of rotatable bonds is 4. The Balaban J connectivity index is 2.55. The molecule has 0 amide bonds. The molecular formula is C9H15O3P. The third-order valence-corrected chi connectivity index (χ3v) is 3.49. The predicted molar refractivity (Wildman–Crippen MR) is 52.7 cm³/mol. The van der Waals surface area contributed by atoms with E-state index in [1.54, 1.807) is 0 Å². The molecule has 2 atom stereocenters. The van der Waals surface area contributed by atoms with Crippen LogP contribution in [0.1, 0.15) is 19.3 Å². The van der Waals surface area contributed by atoms with Gasteiger partial charge in [-0.1, -0.05) is 18.7 Å². The van der Waals surface area contributed by atoms with Crippen molar-refractivity contribution in [1.82, 2.24) is 0 Å². The Labute approximate surface area is 79.0 Å². The molecule has 0 N–H and O–H groups in total. The molecule has 4 heteroatoms. The monoisotopic (exact) mass is 202 g/mol. The van der Waals surface area contributed by atoms with E-state index in [1.807, 2.05) is 12.2 Å². The first-order valence-corrected chi connectivity index (χ1v) is 5.95. The van der Waals surface area contributed by atoms with Crippen LogP contribution >= 0.6 is 7.60 Å². The molecule has 0 spiro atoms. The summed E-state index contributed by atoms with van der Waals surface area (Å²) < 4.78 is 21.7. The SMILES string of the molecule is C=CP(=O)(OC)OC1C=CCCC1. The standard InChI is InChI=1S/C9H15O3P/c1-3-13(10,11-2)12-9-7-5-4-6-8-9/h3,5,7,9H,1,4,6,8H2,2H3. The lowest BCUT2D eigenvalue weighted by atomic mass is 10.1. The second kappa shape index (κ2) is 4.75. The fourth-order valence-corrected chi connectivity index (χ4v) is 2.09. The molecular weight excluding hydrogens is 187 g/mol. The average Bonchev–Trinajstić information content (AvgIpc) is 2.19. The highest BCUT2D eigenvalue weighted by Gasteiger charge is 2.23. The Morgan fingerprint density at radius 3 is 2.92 bits per heavy atom. The van der Waals surface area contributed by atoms with Crippen molar-refractivity contribution in [2.24, 2.45) is 0 Å². The van der Waals surface area contributed by atoms with Crippen molar-refractivity contribution in [3.05, 3.63) is 24.5 Å². The molecule has 1 rings (SSSR count). The number of hydrogen-bond donors (Lipinski definition) is 0. The second-order valence-corrected chi connectivity index (χ2v) is 4.93. The van der Waals surface area contributed by atoms with Crippen LogP contribution in [0.2, 0.25) is 0 Å². The van der Waals surface area contributed by atoms with Gasteiger partial charge >= 0.3 is 7.60 Å². The van der Waals surface area contributed by atoms with E-state index in [0.29, 0.717) is 0 Å². The topological polar surface area (TPSA) is 35.5 Å². The van der Waals surface area contributed by atoms with Crippen molar-refractivity contribution >= 4 is 7.60 Å². The molecule has 2 unspecified atom stereocenters. The smallest absolute Gasteiger partial charge is 0.309 e. The minimum atomic E-state index is -3.04. The highest BCUT2D eigenvalue weighted by molar-refractivity contribution is 7.57. The summed E-state index contributed by atoms with van der Waals surface area (Å²) in [6, 6.07) is 0. The molecule has 0 fully saturated rings. The molecule has 3 nitrogen and oxygen atoms in total. The van der Waals surface area contributed by atoms with Gasteiger partial charge in [-0.25, -0.2) is 0 Å². The van der Waals surface area contributed by atoms with E-state index in [4.69, 9.17) is 9.05 Å². The molecule has 0 aliphatic heterocycles. The normalized spacial score (nSPS) is 26.7. The summed E-state index contributed by atoms with van der Waals surface area (Å²) in [6.07, 6.45) is 6.93. The number of allylic oxidation sites excluding steroid dienone is 1. The predicted octanol–water partition coefficient (Wildman–Crippen LogP) is 3.09. The van der Waals surface area contributed by atoms with Crippen molar-refractivity contribution in [1.29, 1.82) is 0 Å². The van der Waals surface area contributed by atoms with Crippen LogP contribution in [0.4, 0.5) is 0 Å². The minimum Gasteiger partial charge on any atom is -0.309 e. The Hall–Kier alpha value is -0.370. The molecule has 0 saturated heterocycles. The van der Waals surface area contributed by atoms with Crippen LogP contribution in [0.15, 0.2) is 24.5 Å². The van der Waals surface area contributed by atoms with E-state index in [2.05, 4.69) is 6.58 Å². The molecule has 0 aromatic carbocycles. The third kappa shape index (κ3) is 3.11. The Bertz CT molecular complexity index is 247. The lowest BCUT2D eigenvalue weighted by Gasteiger charge is -2.20. The maximum Gasteiger partial charge on any atom is 0.353 e.